The summed E-state index contributed by atoms with van der Waals surface area (Å²) in [4.78, 5) is 28.9. The van der Waals surface area contributed by atoms with Crippen LogP contribution in [0.4, 0.5) is 5.69 Å². The molecule has 1 aromatic carbocycles. The SMILES string of the molecule is COc1ccccc1N(CCC#N)C(=O)C[NH+]1CCN(C(C)=O)CC1. The zero-order chi connectivity index (χ0) is 18.2. The highest BCUT2D eigenvalue weighted by Crippen LogP contribution is 2.27. The molecule has 1 aromatic rings. The summed E-state index contributed by atoms with van der Waals surface area (Å²) in [6, 6.07) is 9.43. The Balaban J connectivity index is 2.06. The smallest absolute Gasteiger partial charge is 0.282 e. The van der Waals surface area contributed by atoms with Crippen molar-refractivity contribution in [2.24, 2.45) is 0 Å². The van der Waals surface area contributed by atoms with Crippen LogP contribution < -0.4 is 14.5 Å². The first-order valence-electron chi connectivity index (χ1n) is 8.46. The van der Waals surface area contributed by atoms with E-state index in [1.807, 2.05) is 23.1 Å². The zero-order valence-electron chi connectivity index (χ0n) is 14.8. The lowest BCUT2D eigenvalue weighted by Gasteiger charge is -2.32. The number of carbonyl (C=O) groups excluding carboxylic acids is 2. The van der Waals surface area contributed by atoms with Gasteiger partial charge in [0, 0.05) is 13.5 Å². The van der Waals surface area contributed by atoms with Crippen LogP contribution in [0.3, 0.4) is 0 Å². The predicted molar refractivity (Wildman–Crippen MR) is 93.4 cm³/mol. The summed E-state index contributed by atoms with van der Waals surface area (Å²) >= 11 is 0. The first-order chi connectivity index (χ1) is 12.1. The second-order valence-corrected chi connectivity index (χ2v) is 6.06. The molecule has 0 radical (unpaired) electrons. The molecule has 1 aliphatic rings. The molecule has 0 aromatic heterocycles. The Morgan fingerprint density at radius 3 is 2.60 bits per heavy atom. The van der Waals surface area contributed by atoms with Gasteiger partial charge >= 0.3 is 0 Å². The number of nitrogens with zero attached hydrogens (tertiary/aromatic N) is 3. The first-order valence-corrected chi connectivity index (χ1v) is 8.46. The summed E-state index contributed by atoms with van der Waals surface area (Å²) in [5, 5.41) is 8.91. The number of ether oxygens (including phenoxy) is 1. The zero-order valence-corrected chi connectivity index (χ0v) is 14.8. The van der Waals surface area contributed by atoms with Crippen LogP contribution in [0, 0.1) is 11.3 Å². The van der Waals surface area contributed by atoms with Crippen LogP contribution in [0.25, 0.3) is 0 Å². The minimum absolute atomic E-state index is 0.0361. The lowest BCUT2D eigenvalue weighted by molar-refractivity contribution is -0.895. The molecule has 0 spiro atoms. The third-order valence-electron chi connectivity index (χ3n) is 4.44. The lowest BCUT2D eigenvalue weighted by Crippen LogP contribution is -3.15. The monoisotopic (exact) mass is 345 g/mol. The molecule has 0 atom stereocenters. The summed E-state index contributed by atoms with van der Waals surface area (Å²) in [5.74, 6) is 0.659. The molecule has 25 heavy (non-hydrogen) atoms. The second-order valence-electron chi connectivity index (χ2n) is 6.06. The van der Waals surface area contributed by atoms with E-state index in [9.17, 15) is 9.59 Å². The molecule has 0 unspecified atom stereocenters. The van der Waals surface area contributed by atoms with Crippen molar-refractivity contribution < 1.29 is 19.2 Å². The van der Waals surface area contributed by atoms with Crippen molar-refractivity contribution in [2.45, 2.75) is 13.3 Å². The molecule has 134 valence electrons. The fourth-order valence-corrected chi connectivity index (χ4v) is 3.02. The van der Waals surface area contributed by atoms with Crippen LogP contribution in [0.15, 0.2) is 24.3 Å². The predicted octanol–water partition coefficient (Wildman–Crippen LogP) is -0.311. The van der Waals surface area contributed by atoms with E-state index in [1.165, 1.54) is 0 Å². The van der Waals surface area contributed by atoms with Gasteiger partial charge in [0.05, 0.1) is 51.5 Å². The maximum atomic E-state index is 12.9. The van der Waals surface area contributed by atoms with Gasteiger partial charge in [-0.05, 0) is 12.1 Å². The Hall–Kier alpha value is -2.59. The Kier molecular flexibility index (Phi) is 6.78. The average molecular weight is 345 g/mol. The number of carbonyl (C=O) groups is 2. The number of para-hydroxylation sites is 2. The van der Waals surface area contributed by atoms with Gasteiger partial charge < -0.3 is 19.4 Å². The van der Waals surface area contributed by atoms with Gasteiger partial charge in [-0.25, -0.2) is 0 Å². The molecule has 1 N–H and O–H groups in total. The Morgan fingerprint density at radius 1 is 1.32 bits per heavy atom. The van der Waals surface area contributed by atoms with Crippen LogP contribution >= 0.6 is 0 Å². The summed E-state index contributed by atoms with van der Waals surface area (Å²) in [7, 11) is 1.57. The van der Waals surface area contributed by atoms with E-state index in [-0.39, 0.29) is 18.2 Å². The third-order valence-corrected chi connectivity index (χ3v) is 4.44. The maximum Gasteiger partial charge on any atom is 0.282 e. The van der Waals surface area contributed by atoms with Crippen molar-refractivity contribution in [2.75, 3.05) is 51.3 Å². The number of nitrogens with one attached hydrogen (secondary N) is 1. The van der Waals surface area contributed by atoms with Crippen LogP contribution in [0.1, 0.15) is 13.3 Å². The van der Waals surface area contributed by atoms with E-state index in [0.717, 1.165) is 18.0 Å². The minimum Gasteiger partial charge on any atom is -0.495 e. The van der Waals surface area contributed by atoms with Crippen molar-refractivity contribution in [3.05, 3.63) is 24.3 Å². The van der Waals surface area contributed by atoms with Gasteiger partial charge in [0.1, 0.15) is 5.75 Å². The molecule has 7 nitrogen and oxygen atoms in total. The highest BCUT2D eigenvalue weighted by atomic mass is 16.5. The largest absolute Gasteiger partial charge is 0.495 e. The normalized spacial score (nSPS) is 14.7. The molecule has 1 fully saturated rings. The molecule has 1 aliphatic heterocycles. The van der Waals surface area contributed by atoms with Crippen LogP contribution in [0.2, 0.25) is 0 Å². The number of benzene rings is 1. The quantitative estimate of drug-likeness (QED) is 0.767. The molecule has 0 bridgehead atoms. The number of amides is 2. The highest BCUT2D eigenvalue weighted by Gasteiger charge is 2.27. The average Bonchev–Trinajstić information content (AvgIpc) is 2.63. The molecular formula is C18H25N4O3+. The van der Waals surface area contributed by atoms with E-state index < -0.39 is 0 Å². The van der Waals surface area contributed by atoms with Gasteiger partial charge in [0.15, 0.2) is 6.54 Å². The van der Waals surface area contributed by atoms with Gasteiger partial charge in [0.2, 0.25) is 5.91 Å². The third kappa shape index (κ3) is 4.94. The molecule has 2 rings (SSSR count). The summed E-state index contributed by atoms with van der Waals surface area (Å²) in [5.41, 5.74) is 0.687. The highest BCUT2D eigenvalue weighted by molar-refractivity contribution is 5.95. The summed E-state index contributed by atoms with van der Waals surface area (Å²) in [6.45, 7) is 5.10. The van der Waals surface area contributed by atoms with Crippen LogP contribution in [0.5, 0.6) is 5.75 Å². The molecule has 7 heteroatoms. The van der Waals surface area contributed by atoms with Crippen molar-refractivity contribution in [1.82, 2.24) is 4.90 Å². The molecule has 0 aliphatic carbocycles. The van der Waals surface area contributed by atoms with E-state index in [2.05, 4.69) is 6.07 Å². The second kappa shape index (κ2) is 9.04. The van der Waals surface area contributed by atoms with Gasteiger partial charge in [-0.1, -0.05) is 12.1 Å². The van der Waals surface area contributed by atoms with Crippen molar-refractivity contribution in [1.29, 1.82) is 5.26 Å². The van der Waals surface area contributed by atoms with Crippen molar-refractivity contribution in [3.8, 4) is 11.8 Å². The number of quaternary nitrogens is 1. The Bertz CT molecular complexity index is 648. The topological polar surface area (TPSA) is 78.1 Å². The number of hydrogen-bond donors (Lipinski definition) is 1. The number of rotatable bonds is 6. The maximum absolute atomic E-state index is 12.9. The molecule has 0 saturated carbocycles. The van der Waals surface area contributed by atoms with E-state index >= 15 is 0 Å². The molecular weight excluding hydrogens is 320 g/mol. The van der Waals surface area contributed by atoms with Gasteiger partial charge in [-0.15, -0.1) is 0 Å². The van der Waals surface area contributed by atoms with Gasteiger partial charge in [-0.2, -0.15) is 5.26 Å². The molecule has 2 amide bonds. The first kappa shape index (κ1) is 18.7. The number of hydrogen-bond acceptors (Lipinski definition) is 4. The number of nitriles is 1. The van der Waals surface area contributed by atoms with Crippen molar-refractivity contribution >= 4 is 17.5 Å². The van der Waals surface area contributed by atoms with Crippen molar-refractivity contribution in [3.63, 3.8) is 0 Å². The van der Waals surface area contributed by atoms with Gasteiger partial charge in [-0.3, -0.25) is 9.59 Å². The molecule has 1 heterocycles. The van der Waals surface area contributed by atoms with E-state index in [4.69, 9.17) is 10.00 Å². The lowest BCUT2D eigenvalue weighted by atomic mass is 10.2. The minimum atomic E-state index is -0.0361. The fourth-order valence-electron chi connectivity index (χ4n) is 3.02. The Morgan fingerprint density at radius 2 is 2.00 bits per heavy atom. The Labute approximate surface area is 148 Å². The summed E-state index contributed by atoms with van der Waals surface area (Å²) < 4.78 is 5.36. The number of piperazine rings is 1. The number of anilines is 1. The summed E-state index contributed by atoms with van der Waals surface area (Å²) in [6.07, 6.45) is 0.261. The standard InChI is InChI=1S/C18H24N4O3/c1-15(23)21-12-10-20(11-13-21)14-18(24)22(9-5-8-19)16-6-3-4-7-17(16)25-2/h3-4,6-7H,5,9-14H2,1-2H3/p+1. The fraction of sp³-hybridized carbons (Fsp3) is 0.500. The van der Waals surface area contributed by atoms with Gasteiger partial charge in [0.25, 0.3) is 5.91 Å². The van der Waals surface area contributed by atoms with Crippen LogP contribution in [-0.2, 0) is 9.59 Å². The van der Waals surface area contributed by atoms with E-state index in [1.54, 1.807) is 25.0 Å². The number of methoxy groups -OCH3 is 1. The molecule has 1 saturated heterocycles. The van der Waals surface area contributed by atoms with E-state index in [0.29, 0.717) is 37.6 Å². The van der Waals surface area contributed by atoms with Crippen LogP contribution in [-0.4, -0.2) is 63.1 Å².